The molecule has 0 unspecified atom stereocenters. The smallest absolute Gasteiger partial charge is 0.313 e. The second-order valence-electron chi connectivity index (χ2n) is 5.42. The van der Waals surface area contributed by atoms with Crippen molar-refractivity contribution < 1.29 is 9.59 Å². The number of nitrogens with one attached hydrogen (secondary N) is 2. The van der Waals surface area contributed by atoms with E-state index >= 15 is 0 Å². The standard InChI is InChI=1S/C15H20ClN3O2/c1-19-8-6-11(7-9-19)10-17-14(20)15(21)18-13-4-2-12(16)3-5-13/h2-5,11H,6-10H2,1H3,(H,17,20)(H,18,21). The van der Waals surface area contributed by atoms with Gasteiger partial charge in [-0.25, -0.2) is 0 Å². The molecular weight excluding hydrogens is 290 g/mol. The Labute approximate surface area is 129 Å². The molecule has 0 aliphatic carbocycles. The Morgan fingerprint density at radius 1 is 1.19 bits per heavy atom. The molecule has 0 spiro atoms. The first-order valence-corrected chi connectivity index (χ1v) is 7.45. The summed E-state index contributed by atoms with van der Waals surface area (Å²) in [6.45, 7) is 2.63. The highest BCUT2D eigenvalue weighted by atomic mass is 35.5. The highest BCUT2D eigenvalue weighted by Crippen LogP contribution is 2.15. The summed E-state index contributed by atoms with van der Waals surface area (Å²) in [5.41, 5.74) is 0.554. The zero-order chi connectivity index (χ0) is 15.2. The van der Waals surface area contributed by atoms with E-state index in [1.165, 1.54) is 0 Å². The summed E-state index contributed by atoms with van der Waals surface area (Å²) in [5, 5.41) is 5.83. The Balaban J connectivity index is 1.75. The number of benzene rings is 1. The van der Waals surface area contributed by atoms with E-state index in [4.69, 9.17) is 11.6 Å². The molecule has 114 valence electrons. The fraction of sp³-hybridized carbons (Fsp3) is 0.467. The third kappa shape index (κ3) is 5.02. The topological polar surface area (TPSA) is 61.4 Å². The maximum atomic E-state index is 11.8. The number of likely N-dealkylation sites (tertiary alicyclic amines) is 1. The molecule has 21 heavy (non-hydrogen) atoms. The van der Waals surface area contributed by atoms with Gasteiger partial charge in [0.1, 0.15) is 0 Å². The van der Waals surface area contributed by atoms with Gasteiger partial charge in [-0.05, 0) is 63.2 Å². The lowest BCUT2D eigenvalue weighted by molar-refractivity contribution is -0.136. The number of rotatable bonds is 3. The molecule has 1 heterocycles. The van der Waals surface area contributed by atoms with Crippen molar-refractivity contribution in [2.45, 2.75) is 12.8 Å². The second kappa shape index (κ2) is 7.43. The van der Waals surface area contributed by atoms with E-state index in [9.17, 15) is 9.59 Å². The number of hydrogen-bond acceptors (Lipinski definition) is 3. The van der Waals surface area contributed by atoms with Crippen molar-refractivity contribution in [3.05, 3.63) is 29.3 Å². The van der Waals surface area contributed by atoms with Crippen molar-refractivity contribution in [1.29, 1.82) is 0 Å². The monoisotopic (exact) mass is 309 g/mol. The Kier molecular flexibility index (Phi) is 5.59. The predicted molar refractivity (Wildman–Crippen MR) is 83.3 cm³/mol. The number of amides is 2. The van der Waals surface area contributed by atoms with Crippen LogP contribution in [0.1, 0.15) is 12.8 Å². The Morgan fingerprint density at radius 3 is 2.43 bits per heavy atom. The van der Waals surface area contributed by atoms with Gasteiger partial charge in [-0.15, -0.1) is 0 Å². The summed E-state index contributed by atoms with van der Waals surface area (Å²) in [5.74, 6) is -0.789. The zero-order valence-electron chi connectivity index (χ0n) is 12.1. The van der Waals surface area contributed by atoms with Crippen molar-refractivity contribution in [3.63, 3.8) is 0 Å². The Bertz CT molecular complexity index is 496. The summed E-state index contributed by atoms with van der Waals surface area (Å²) in [6, 6.07) is 6.64. The lowest BCUT2D eigenvalue weighted by Crippen LogP contribution is -2.41. The van der Waals surface area contributed by atoms with Crippen LogP contribution in [-0.2, 0) is 9.59 Å². The van der Waals surface area contributed by atoms with Crippen molar-refractivity contribution in [2.75, 3.05) is 32.0 Å². The van der Waals surface area contributed by atoms with Gasteiger partial charge in [-0.3, -0.25) is 9.59 Å². The van der Waals surface area contributed by atoms with E-state index in [1.54, 1.807) is 24.3 Å². The van der Waals surface area contributed by atoms with Crippen molar-refractivity contribution in [2.24, 2.45) is 5.92 Å². The van der Waals surface area contributed by atoms with Crippen LogP contribution in [0.2, 0.25) is 5.02 Å². The number of anilines is 1. The third-order valence-electron chi connectivity index (χ3n) is 3.70. The third-order valence-corrected chi connectivity index (χ3v) is 3.95. The average Bonchev–Trinajstić information content (AvgIpc) is 2.48. The number of nitrogens with zero attached hydrogens (tertiary/aromatic N) is 1. The average molecular weight is 310 g/mol. The molecule has 1 saturated heterocycles. The molecule has 0 radical (unpaired) electrons. The van der Waals surface area contributed by atoms with Crippen LogP contribution in [0, 0.1) is 5.92 Å². The fourth-order valence-electron chi connectivity index (χ4n) is 2.30. The first-order chi connectivity index (χ1) is 10.0. The summed E-state index contributed by atoms with van der Waals surface area (Å²) in [6.07, 6.45) is 2.10. The van der Waals surface area contributed by atoms with E-state index < -0.39 is 11.8 Å². The molecule has 1 aromatic carbocycles. The molecule has 1 aliphatic rings. The Morgan fingerprint density at radius 2 is 1.81 bits per heavy atom. The Hall–Kier alpha value is -1.59. The zero-order valence-corrected chi connectivity index (χ0v) is 12.8. The number of piperidine rings is 1. The van der Waals surface area contributed by atoms with Gasteiger partial charge in [0.25, 0.3) is 0 Å². The van der Waals surface area contributed by atoms with Gasteiger partial charge in [-0.2, -0.15) is 0 Å². The van der Waals surface area contributed by atoms with Gasteiger partial charge < -0.3 is 15.5 Å². The number of halogens is 1. The highest BCUT2D eigenvalue weighted by molar-refractivity contribution is 6.39. The van der Waals surface area contributed by atoms with Gasteiger partial charge in [0.05, 0.1) is 0 Å². The minimum atomic E-state index is -0.648. The summed E-state index contributed by atoms with van der Waals surface area (Å²) in [7, 11) is 2.09. The maximum absolute atomic E-state index is 11.8. The first-order valence-electron chi connectivity index (χ1n) is 7.08. The quantitative estimate of drug-likeness (QED) is 0.836. The molecule has 2 rings (SSSR count). The van der Waals surface area contributed by atoms with Crippen molar-refractivity contribution >= 4 is 29.1 Å². The van der Waals surface area contributed by atoms with Crippen LogP contribution in [0.15, 0.2) is 24.3 Å². The van der Waals surface area contributed by atoms with Crippen LogP contribution >= 0.6 is 11.6 Å². The molecule has 0 saturated carbocycles. The second-order valence-corrected chi connectivity index (χ2v) is 5.85. The number of carbonyl (C=O) groups excluding carboxylic acids is 2. The van der Waals surface area contributed by atoms with Crippen LogP contribution < -0.4 is 10.6 Å². The largest absolute Gasteiger partial charge is 0.348 e. The molecule has 2 N–H and O–H groups in total. The minimum absolute atomic E-state index is 0.452. The van der Waals surface area contributed by atoms with E-state index in [2.05, 4.69) is 22.6 Å². The van der Waals surface area contributed by atoms with E-state index in [1.807, 2.05) is 0 Å². The van der Waals surface area contributed by atoms with Gasteiger partial charge in [0.2, 0.25) is 0 Å². The van der Waals surface area contributed by atoms with E-state index in [-0.39, 0.29) is 0 Å². The fourth-order valence-corrected chi connectivity index (χ4v) is 2.43. The molecule has 5 nitrogen and oxygen atoms in total. The minimum Gasteiger partial charge on any atom is -0.348 e. The highest BCUT2D eigenvalue weighted by Gasteiger charge is 2.19. The van der Waals surface area contributed by atoms with E-state index in [0.717, 1.165) is 25.9 Å². The molecule has 1 fully saturated rings. The van der Waals surface area contributed by atoms with Crippen LogP contribution in [0.25, 0.3) is 0 Å². The lowest BCUT2D eigenvalue weighted by Gasteiger charge is -2.28. The summed E-state index contributed by atoms with van der Waals surface area (Å²) in [4.78, 5) is 25.8. The van der Waals surface area contributed by atoms with Crippen LogP contribution in [0.4, 0.5) is 5.69 Å². The number of carbonyl (C=O) groups is 2. The van der Waals surface area contributed by atoms with Crippen LogP contribution in [0.3, 0.4) is 0 Å². The van der Waals surface area contributed by atoms with Gasteiger partial charge in [0, 0.05) is 17.3 Å². The molecule has 0 bridgehead atoms. The molecule has 6 heteroatoms. The van der Waals surface area contributed by atoms with Crippen molar-refractivity contribution in [1.82, 2.24) is 10.2 Å². The molecule has 0 atom stereocenters. The van der Waals surface area contributed by atoms with E-state index in [0.29, 0.717) is 23.2 Å². The SMILES string of the molecule is CN1CCC(CNC(=O)C(=O)Nc2ccc(Cl)cc2)CC1. The lowest BCUT2D eigenvalue weighted by atomic mass is 9.97. The van der Waals surface area contributed by atoms with Crippen LogP contribution in [-0.4, -0.2) is 43.4 Å². The summed E-state index contributed by atoms with van der Waals surface area (Å²) < 4.78 is 0. The molecule has 0 aromatic heterocycles. The van der Waals surface area contributed by atoms with Crippen LogP contribution in [0.5, 0.6) is 0 Å². The first kappa shape index (κ1) is 15.8. The summed E-state index contributed by atoms with van der Waals surface area (Å²) >= 11 is 5.76. The molecule has 1 aliphatic heterocycles. The van der Waals surface area contributed by atoms with Gasteiger partial charge in [-0.1, -0.05) is 11.6 Å². The number of hydrogen-bond donors (Lipinski definition) is 2. The normalized spacial score (nSPS) is 16.5. The maximum Gasteiger partial charge on any atom is 0.313 e. The molecule has 1 aromatic rings. The molecular formula is C15H20ClN3O2. The van der Waals surface area contributed by atoms with Gasteiger partial charge in [0.15, 0.2) is 0 Å². The van der Waals surface area contributed by atoms with Gasteiger partial charge >= 0.3 is 11.8 Å². The predicted octanol–water partition coefficient (Wildman–Crippen LogP) is 1.74. The van der Waals surface area contributed by atoms with Crippen molar-refractivity contribution in [3.8, 4) is 0 Å². The molecule has 2 amide bonds.